The van der Waals surface area contributed by atoms with E-state index in [9.17, 15) is 0 Å². The molecule has 0 spiro atoms. The minimum Gasteiger partial charge on any atom is -0.378 e. The molecule has 2 heterocycles. The zero-order valence-corrected chi connectivity index (χ0v) is 10.6. The van der Waals surface area contributed by atoms with Gasteiger partial charge in [0, 0.05) is 24.5 Å². The van der Waals surface area contributed by atoms with Crippen LogP contribution in [0, 0.1) is 5.92 Å². The van der Waals surface area contributed by atoms with Crippen LogP contribution in [0.25, 0.3) is 10.9 Å². The average molecular weight is 242 g/mol. The molecule has 1 saturated heterocycles. The lowest BCUT2D eigenvalue weighted by atomic mass is 10.0. The van der Waals surface area contributed by atoms with Crippen molar-refractivity contribution in [2.75, 3.05) is 18.5 Å². The summed E-state index contributed by atoms with van der Waals surface area (Å²) >= 11 is 0. The van der Waals surface area contributed by atoms with Crippen molar-refractivity contribution in [2.45, 2.75) is 19.4 Å². The van der Waals surface area contributed by atoms with Gasteiger partial charge in [-0.15, -0.1) is 0 Å². The monoisotopic (exact) mass is 242 g/mol. The summed E-state index contributed by atoms with van der Waals surface area (Å²) in [4.78, 5) is 4.61. The molecule has 1 aromatic carbocycles. The molecule has 0 bridgehead atoms. The topological polar surface area (TPSA) is 34.1 Å². The van der Waals surface area contributed by atoms with E-state index in [0.717, 1.165) is 30.9 Å². The molecule has 94 valence electrons. The van der Waals surface area contributed by atoms with E-state index >= 15 is 0 Å². The van der Waals surface area contributed by atoms with E-state index in [4.69, 9.17) is 4.74 Å². The number of fused-ring (bicyclic) bond motifs is 1. The predicted molar refractivity (Wildman–Crippen MR) is 73.8 cm³/mol. The van der Waals surface area contributed by atoms with E-state index in [1.165, 1.54) is 5.39 Å². The molecule has 1 fully saturated rings. The number of benzene rings is 1. The maximum atomic E-state index is 5.56. The van der Waals surface area contributed by atoms with Gasteiger partial charge < -0.3 is 10.1 Å². The second-order valence-electron chi connectivity index (χ2n) is 4.89. The van der Waals surface area contributed by atoms with Gasteiger partial charge in [-0.2, -0.15) is 0 Å². The fourth-order valence-corrected chi connectivity index (χ4v) is 2.44. The predicted octanol–water partition coefficient (Wildman–Crippen LogP) is 3.07. The maximum Gasteiger partial charge on any atom is 0.126 e. The van der Waals surface area contributed by atoms with Crippen LogP contribution in [-0.4, -0.2) is 24.2 Å². The van der Waals surface area contributed by atoms with E-state index in [1.54, 1.807) is 0 Å². The summed E-state index contributed by atoms with van der Waals surface area (Å²) in [5.74, 6) is 1.55. The molecule has 1 aliphatic heterocycles. The summed E-state index contributed by atoms with van der Waals surface area (Å²) in [7, 11) is 0. The summed E-state index contributed by atoms with van der Waals surface area (Å²) < 4.78 is 5.56. The van der Waals surface area contributed by atoms with Crippen molar-refractivity contribution in [2.24, 2.45) is 5.92 Å². The molecule has 3 nitrogen and oxygen atoms in total. The molecule has 0 saturated carbocycles. The zero-order chi connectivity index (χ0) is 12.4. The van der Waals surface area contributed by atoms with Gasteiger partial charge in [-0.1, -0.05) is 18.2 Å². The molecule has 2 unspecified atom stereocenters. The summed E-state index contributed by atoms with van der Waals surface area (Å²) in [6.45, 7) is 3.97. The standard InChI is InChI=1S/C15H18N2O/c1-11-13(8-9-18-11)10-16-15-7-6-12-4-2-3-5-14(12)17-15/h2-7,11,13H,8-10H2,1H3,(H,16,17). The first-order valence-electron chi connectivity index (χ1n) is 6.54. The van der Waals surface area contributed by atoms with Gasteiger partial charge in [0.25, 0.3) is 0 Å². The molecule has 0 amide bonds. The quantitative estimate of drug-likeness (QED) is 0.898. The van der Waals surface area contributed by atoms with Crippen LogP contribution >= 0.6 is 0 Å². The molecule has 3 heteroatoms. The van der Waals surface area contributed by atoms with Crippen LogP contribution in [0.4, 0.5) is 5.82 Å². The molecule has 18 heavy (non-hydrogen) atoms. The number of pyridine rings is 1. The van der Waals surface area contributed by atoms with Crippen LogP contribution < -0.4 is 5.32 Å². The number of nitrogens with one attached hydrogen (secondary N) is 1. The summed E-state index contributed by atoms with van der Waals surface area (Å²) in [6, 6.07) is 12.3. The third-order valence-electron chi connectivity index (χ3n) is 3.68. The molecule has 0 radical (unpaired) electrons. The molecular weight excluding hydrogens is 224 g/mol. The van der Waals surface area contributed by atoms with E-state index in [2.05, 4.69) is 29.4 Å². The second kappa shape index (κ2) is 4.94. The van der Waals surface area contributed by atoms with Crippen LogP contribution in [0.3, 0.4) is 0 Å². The first kappa shape index (κ1) is 11.5. The van der Waals surface area contributed by atoms with Crippen LogP contribution in [0.2, 0.25) is 0 Å². The number of rotatable bonds is 3. The van der Waals surface area contributed by atoms with Gasteiger partial charge in [0.2, 0.25) is 0 Å². The molecule has 2 aromatic rings. The Labute approximate surface area is 107 Å². The molecule has 3 rings (SSSR count). The van der Waals surface area contributed by atoms with Crippen molar-refractivity contribution in [3.8, 4) is 0 Å². The fraction of sp³-hybridized carbons (Fsp3) is 0.400. The van der Waals surface area contributed by atoms with Gasteiger partial charge in [0.1, 0.15) is 5.82 Å². The number of anilines is 1. The lowest BCUT2D eigenvalue weighted by molar-refractivity contribution is 0.108. The normalized spacial score (nSPS) is 23.4. The van der Waals surface area contributed by atoms with Gasteiger partial charge in [-0.25, -0.2) is 4.98 Å². The number of hydrogen-bond acceptors (Lipinski definition) is 3. The minimum atomic E-state index is 0.359. The number of ether oxygens (including phenoxy) is 1. The van der Waals surface area contributed by atoms with Crippen molar-refractivity contribution < 1.29 is 4.74 Å². The van der Waals surface area contributed by atoms with Crippen LogP contribution in [0.5, 0.6) is 0 Å². The van der Waals surface area contributed by atoms with E-state index < -0.39 is 0 Å². The van der Waals surface area contributed by atoms with Gasteiger partial charge in [-0.3, -0.25) is 0 Å². The van der Waals surface area contributed by atoms with Crippen molar-refractivity contribution in [1.82, 2.24) is 4.98 Å². The Kier molecular flexibility index (Phi) is 3.15. The average Bonchev–Trinajstić information content (AvgIpc) is 2.82. The highest BCUT2D eigenvalue weighted by molar-refractivity contribution is 5.79. The number of aromatic nitrogens is 1. The smallest absolute Gasteiger partial charge is 0.126 e. The van der Waals surface area contributed by atoms with Gasteiger partial charge in [0.05, 0.1) is 11.6 Å². The van der Waals surface area contributed by atoms with E-state index in [0.29, 0.717) is 12.0 Å². The highest BCUT2D eigenvalue weighted by Gasteiger charge is 2.23. The first-order valence-corrected chi connectivity index (χ1v) is 6.54. The Morgan fingerprint density at radius 1 is 1.28 bits per heavy atom. The number of para-hydroxylation sites is 1. The van der Waals surface area contributed by atoms with Crippen LogP contribution in [-0.2, 0) is 4.74 Å². The summed E-state index contributed by atoms with van der Waals surface area (Å²) in [5.41, 5.74) is 1.04. The van der Waals surface area contributed by atoms with Crippen molar-refractivity contribution in [3.63, 3.8) is 0 Å². The fourth-order valence-electron chi connectivity index (χ4n) is 2.44. The molecule has 1 aliphatic rings. The molecule has 1 N–H and O–H groups in total. The Balaban J connectivity index is 1.71. The highest BCUT2D eigenvalue weighted by atomic mass is 16.5. The lowest BCUT2D eigenvalue weighted by Crippen LogP contribution is -2.21. The Morgan fingerprint density at radius 3 is 3.00 bits per heavy atom. The van der Waals surface area contributed by atoms with Crippen molar-refractivity contribution >= 4 is 16.7 Å². The first-order chi connectivity index (χ1) is 8.83. The van der Waals surface area contributed by atoms with Crippen molar-refractivity contribution in [1.29, 1.82) is 0 Å². The molecule has 0 aliphatic carbocycles. The Bertz CT molecular complexity index is 541. The lowest BCUT2D eigenvalue weighted by Gasteiger charge is -2.15. The van der Waals surface area contributed by atoms with Crippen LogP contribution in [0.15, 0.2) is 36.4 Å². The third kappa shape index (κ3) is 2.31. The third-order valence-corrected chi connectivity index (χ3v) is 3.68. The minimum absolute atomic E-state index is 0.359. The van der Waals surface area contributed by atoms with E-state index in [1.807, 2.05) is 24.3 Å². The van der Waals surface area contributed by atoms with Gasteiger partial charge in [0.15, 0.2) is 0 Å². The number of hydrogen-bond donors (Lipinski definition) is 1. The zero-order valence-electron chi connectivity index (χ0n) is 10.6. The Hall–Kier alpha value is -1.61. The summed E-state index contributed by atoms with van der Waals surface area (Å²) in [5, 5.41) is 4.60. The van der Waals surface area contributed by atoms with Gasteiger partial charge in [-0.05, 0) is 31.5 Å². The van der Waals surface area contributed by atoms with Crippen molar-refractivity contribution in [3.05, 3.63) is 36.4 Å². The molecular formula is C15H18N2O. The van der Waals surface area contributed by atoms with E-state index in [-0.39, 0.29) is 0 Å². The molecule has 1 aromatic heterocycles. The number of nitrogens with zero attached hydrogens (tertiary/aromatic N) is 1. The maximum absolute atomic E-state index is 5.56. The van der Waals surface area contributed by atoms with Crippen LogP contribution in [0.1, 0.15) is 13.3 Å². The summed E-state index contributed by atoms with van der Waals surface area (Å²) in [6.07, 6.45) is 1.50. The Morgan fingerprint density at radius 2 is 2.17 bits per heavy atom. The highest BCUT2D eigenvalue weighted by Crippen LogP contribution is 2.21. The largest absolute Gasteiger partial charge is 0.378 e. The second-order valence-corrected chi connectivity index (χ2v) is 4.89. The van der Waals surface area contributed by atoms with Gasteiger partial charge >= 0.3 is 0 Å². The molecule has 2 atom stereocenters. The SMILES string of the molecule is CC1OCCC1CNc1ccc2ccccc2n1.